The van der Waals surface area contributed by atoms with E-state index >= 15 is 0 Å². The zero-order chi connectivity index (χ0) is 25.5. The van der Waals surface area contributed by atoms with Crippen molar-refractivity contribution >= 4 is 17.8 Å². The summed E-state index contributed by atoms with van der Waals surface area (Å²) in [4.78, 5) is 38.8. The summed E-state index contributed by atoms with van der Waals surface area (Å²) in [6, 6.07) is 15.2. The third kappa shape index (κ3) is 8.01. The van der Waals surface area contributed by atoms with E-state index in [2.05, 4.69) is 31.4 Å². The zero-order valence-corrected chi connectivity index (χ0v) is 21.3. The van der Waals surface area contributed by atoms with Crippen LogP contribution in [0.3, 0.4) is 0 Å². The molecular formula is C28H38N2O4. The van der Waals surface area contributed by atoms with Gasteiger partial charge in [0.15, 0.2) is 0 Å². The van der Waals surface area contributed by atoms with Gasteiger partial charge in [-0.25, -0.2) is 4.79 Å². The smallest absolute Gasteiger partial charge is 0.329 e. The van der Waals surface area contributed by atoms with Gasteiger partial charge in [-0.2, -0.15) is 0 Å². The highest BCUT2D eigenvalue weighted by atomic mass is 16.5. The number of benzene rings is 2. The molecule has 2 atom stereocenters. The van der Waals surface area contributed by atoms with Crippen LogP contribution in [0.4, 0.5) is 0 Å². The Hall–Kier alpha value is -3.15. The third-order valence-corrected chi connectivity index (χ3v) is 5.48. The molecule has 2 unspecified atom stereocenters. The lowest BCUT2D eigenvalue weighted by Gasteiger charge is -2.25. The minimum atomic E-state index is -0.860. The average Bonchev–Trinajstić information content (AvgIpc) is 2.76. The minimum absolute atomic E-state index is 0.0201. The summed E-state index contributed by atoms with van der Waals surface area (Å²) in [5.41, 5.74) is 2.48. The lowest BCUT2D eigenvalue weighted by Crippen LogP contribution is -2.54. The van der Waals surface area contributed by atoms with E-state index in [1.165, 1.54) is 0 Å². The number of carbonyl (C=O) groups is 3. The van der Waals surface area contributed by atoms with Crippen molar-refractivity contribution in [3.63, 3.8) is 0 Å². The average molecular weight is 467 g/mol. The van der Waals surface area contributed by atoms with Gasteiger partial charge in [-0.1, -0.05) is 77.1 Å². The molecule has 0 radical (unpaired) electrons. The predicted molar refractivity (Wildman–Crippen MR) is 135 cm³/mol. The number of nitrogens with one attached hydrogen (secondary N) is 2. The fraction of sp³-hybridized carbons (Fsp3) is 0.464. The third-order valence-electron chi connectivity index (χ3n) is 5.48. The summed E-state index contributed by atoms with van der Waals surface area (Å²) >= 11 is 0. The summed E-state index contributed by atoms with van der Waals surface area (Å²) < 4.78 is 5.37. The molecule has 2 N–H and O–H groups in total. The van der Waals surface area contributed by atoms with Gasteiger partial charge in [-0.15, -0.1) is 0 Å². The normalized spacial score (nSPS) is 13.3. The van der Waals surface area contributed by atoms with Crippen LogP contribution in [0.15, 0.2) is 54.6 Å². The van der Waals surface area contributed by atoms with Crippen molar-refractivity contribution in [1.82, 2.24) is 10.6 Å². The van der Waals surface area contributed by atoms with Gasteiger partial charge < -0.3 is 15.4 Å². The second-order valence-corrected chi connectivity index (χ2v) is 10.3. The van der Waals surface area contributed by atoms with Crippen molar-refractivity contribution in [1.29, 1.82) is 0 Å². The van der Waals surface area contributed by atoms with E-state index in [9.17, 15) is 14.4 Å². The van der Waals surface area contributed by atoms with Crippen LogP contribution in [0.25, 0.3) is 0 Å². The number of rotatable bonds is 9. The molecule has 2 amide bonds. The van der Waals surface area contributed by atoms with Gasteiger partial charge >= 0.3 is 5.97 Å². The monoisotopic (exact) mass is 466 g/mol. The second-order valence-electron chi connectivity index (χ2n) is 10.3. The summed E-state index contributed by atoms with van der Waals surface area (Å²) in [6.07, 6.45) is -0.00938. The molecule has 0 aliphatic rings. The van der Waals surface area contributed by atoms with Crippen molar-refractivity contribution in [2.75, 3.05) is 0 Å². The number of hydrogen-bond donors (Lipinski definition) is 2. The maximum atomic E-state index is 13.2. The first-order valence-electron chi connectivity index (χ1n) is 11.8. The highest BCUT2D eigenvalue weighted by Gasteiger charge is 2.30. The molecule has 0 spiro atoms. The van der Waals surface area contributed by atoms with Gasteiger partial charge in [0.25, 0.3) is 5.91 Å². The molecule has 0 fully saturated rings. The van der Waals surface area contributed by atoms with E-state index in [1.807, 2.05) is 56.3 Å². The SMILES string of the molecule is CC(C)OC(=O)C(Cc1ccccc1)NC(=O)C(NC(=O)c1ccc(C(C)(C)C)cc1)C(C)C. The Morgan fingerprint density at radius 2 is 1.44 bits per heavy atom. The lowest BCUT2D eigenvalue weighted by molar-refractivity contribution is -0.151. The van der Waals surface area contributed by atoms with Gasteiger partial charge in [-0.3, -0.25) is 9.59 Å². The maximum absolute atomic E-state index is 13.2. The standard InChI is InChI=1S/C28H38N2O4/c1-18(2)24(30-25(31)21-13-15-22(16-14-21)28(5,6)7)26(32)29-23(27(33)34-19(3)4)17-20-11-9-8-10-12-20/h8-16,18-19,23-24H,17H2,1-7H3,(H,29,32)(H,30,31). The lowest BCUT2D eigenvalue weighted by atomic mass is 9.86. The number of hydrogen-bond acceptors (Lipinski definition) is 4. The van der Waals surface area contributed by atoms with E-state index in [-0.39, 0.29) is 23.3 Å². The first-order chi connectivity index (χ1) is 15.9. The van der Waals surface area contributed by atoms with Crippen LogP contribution < -0.4 is 10.6 Å². The molecule has 2 aromatic rings. The summed E-state index contributed by atoms with van der Waals surface area (Å²) in [6.45, 7) is 13.6. The molecular weight excluding hydrogens is 428 g/mol. The molecule has 2 rings (SSSR count). The molecule has 0 saturated heterocycles. The Kier molecular flexibility index (Phi) is 9.42. The van der Waals surface area contributed by atoms with Crippen molar-refractivity contribution < 1.29 is 19.1 Å². The van der Waals surface area contributed by atoms with Crippen LogP contribution in [-0.4, -0.2) is 36.0 Å². The zero-order valence-electron chi connectivity index (χ0n) is 21.3. The molecule has 34 heavy (non-hydrogen) atoms. The first-order valence-corrected chi connectivity index (χ1v) is 11.8. The minimum Gasteiger partial charge on any atom is -0.461 e. The summed E-state index contributed by atoms with van der Waals surface area (Å²) in [5.74, 6) is -1.44. The Balaban J connectivity index is 2.16. The number of esters is 1. The highest BCUT2D eigenvalue weighted by Crippen LogP contribution is 2.22. The molecule has 6 nitrogen and oxygen atoms in total. The topological polar surface area (TPSA) is 84.5 Å². The van der Waals surface area contributed by atoms with Crippen molar-refractivity contribution in [3.8, 4) is 0 Å². The fourth-order valence-electron chi connectivity index (χ4n) is 3.50. The van der Waals surface area contributed by atoms with Gasteiger partial charge in [0.05, 0.1) is 6.10 Å². The van der Waals surface area contributed by atoms with Crippen LogP contribution >= 0.6 is 0 Å². The van der Waals surface area contributed by atoms with Gasteiger partial charge in [0.1, 0.15) is 12.1 Å². The number of carbonyl (C=O) groups excluding carboxylic acids is 3. The number of ether oxygens (including phenoxy) is 1. The maximum Gasteiger partial charge on any atom is 0.329 e. The molecule has 0 aromatic heterocycles. The quantitative estimate of drug-likeness (QED) is 0.536. The Labute approximate surface area is 203 Å². The first kappa shape index (κ1) is 27.1. The fourth-order valence-corrected chi connectivity index (χ4v) is 3.50. The van der Waals surface area contributed by atoms with Crippen molar-refractivity contribution in [3.05, 3.63) is 71.3 Å². The Morgan fingerprint density at radius 1 is 0.853 bits per heavy atom. The van der Waals surface area contributed by atoms with Crippen LogP contribution in [0, 0.1) is 5.92 Å². The second kappa shape index (κ2) is 11.8. The van der Waals surface area contributed by atoms with Crippen molar-refractivity contribution in [2.45, 2.75) is 78.5 Å². The Bertz CT molecular complexity index is 960. The van der Waals surface area contributed by atoms with Gasteiger partial charge in [-0.05, 0) is 48.4 Å². The molecule has 0 heterocycles. The molecule has 0 bridgehead atoms. The van der Waals surface area contributed by atoms with E-state index in [4.69, 9.17) is 4.74 Å². The van der Waals surface area contributed by atoms with Crippen LogP contribution in [0.2, 0.25) is 0 Å². The summed E-state index contributed by atoms with van der Waals surface area (Å²) in [5, 5.41) is 5.65. The molecule has 2 aromatic carbocycles. The molecule has 0 saturated carbocycles. The van der Waals surface area contributed by atoms with Crippen molar-refractivity contribution in [2.24, 2.45) is 5.92 Å². The molecule has 6 heteroatoms. The van der Waals surface area contributed by atoms with Gasteiger partial charge in [0.2, 0.25) is 5.91 Å². The Morgan fingerprint density at radius 3 is 1.94 bits per heavy atom. The predicted octanol–water partition coefficient (Wildman–Crippen LogP) is 4.42. The molecule has 184 valence electrons. The summed E-state index contributed by atoms with van der Waals surface area (Å²) in [7, 11) is 0. The van der Waals surface area contributed by atoms with Crippen LogP contribution in [0.5, 0.6) is 0 Å². The number of amides is 2. The van der Waals surface area contributed by atoms with E-state index in [0.29, 0.717) is 12.0 Å². The molecule has 0 aliphatic carbocycles. The van der Waals surface area contributed by atoms with Crippen LogP contribution in [-0.2, 0) is 26.2 Å². The van der Waals surface area contributed by atoms with E-state index in [0.717, 1.165) is 11.1 Å². The highest BCUT2D eigenvalue weighted by molar-refractivity contribution is 5.98. The van der Waals surface area contributed by atoms with Crippen LogP contribution in [0.1, 0.15) is 70.0 Å². The van der Waals surface area contributed by atoms with Gasteiger partial charge in [0, 0.05) is 12.0 Å². The largest absolute Gasteiger partial charge is 0.461 e. The van der Waals surface area contributed by atoms with E-state index < -0.39 is 24.0 Å². The van der Waals surface area contributed by atoms with E-state index in [1.54, 1.807) is 26.0 Å². The molecule has 0 aliphatic heterocycles.